The molecular formula is C12H11N3O3. The summed E-state index contributed by atoms with van der Waals surface area (Å²) in [6, 6.07) is 6.53. The lowest BCUT2D eigenvalue weighted by molar-refractivity contribution is -0.141. The number of hydrogen-bond acceptors (Lipinski definition) is 4. The van der Waals surface area contributed by atoms with Crippen molar-refractivity contribution in [3.63, 3.8) is 0 Å². The number of amides is 1. The Kier molecular flexibility index (Phi) is 2.90. The summed E-state index contributed by atoms with van der Waals surface area (Å²) in [5.41, 5.74) is 6.93. The molecule has 18 heavy (non-hydrogen) atoms. The van der Waals surface area contributed by atoms with Gasteiger partial charge in [-0.25, -0.2) is 0 Å². The average Bonchev–Trinajstić information content (AvgIpc) is 2.71. The fraction of sp³-hybridized carbons (Fsp3) is 0.250. The quantitative estimate of drug-likeness (QED) is 0.741. The van der Waals surface area contributed by atoms with Crippen LogP contribution < -0.4 is 10.6 Å². The smallest absolute Gasteiger partial charge is 0.308 e. The van der Waals surface area contributed by atoms with Crippen molar-refractivity contribution >= 4 is 23.3 Å². The number of benzene rings is 1. The molecule has 0 radical (unpaired) electrons. The number of nitriles is 1. The molecule has 1 atom stereocenters. The molecule has 2 rings (SSSR count). The van der Waals surface area contributed by atoms with Gasteiger partial charge in [0.25, 0.3) is 0 Å². The SMILES string of the molecule is N#Cc1ccc(N2CC(C(=O)O)CC2=O)c(N)c1. The van der Waals surface area contributed by atoms with Gasteiger partial charge in [-0.2, -0.15) is 5.26 Å². The molecule has 0 aromatic heterocycles. The Morgan fingerprint density at radius 3 is 2.78 bits per heavy atom. The number of carboxylic acid groups (broad SMARTS) is 1. The molecule has 1 saturated heterocycles. The van der Waals surface area contributed by atoms with Crippen LogP contribution in [-0.4, -0.2) is 23.5 Å². The monoisotopic (exact) mass is 245 g/mol. The van der Waals surface area contributed by atoms with Gasteiger partial charge in [-0.1, -0.05) is 0 Å². The summed E-state index contributed by atoms with van der Waals surface area (Å²) < 4.78 is 0. The maximum atomic E-state index is 11.7. The second-order valence-corrected chi connectivity index (χ2v) is 4.13. The average molecular weight is 245 g/mol. The van der Waals surface area contributed by atoms with Crippen molar-refractivity contribution in [3.05, 3.63) is 23.8 Å². The van der Waals surface area contributed by atoms with E-state index in [0.29, 0.717) is 16.9 Å². The third kappa shape index (κ3) is 1.98. The fourth-order valence-corrected chi connectivity index (χ4v) is 1.98. The minimum absolute atomic E-state index is 0.0191. The van der Waals surface area contributed by atoms with E-state index in [0.717, 1.165) is 0 Å². The molecule has 0 spiro atoms. The molecule has 1 heterocycles. The van der Waals surface area contributed by atoms with Crippen molar-refractivity contribution in [2.45, 2.75) is 6.42 Å². The number of rotatable bonds is 2. The number of hydrogen-bond donors (Lipinski definition) is 2. The molecule has 1 aromatic carbocycles. The van der Waals surface area contributed by atoms with E-state index < -0.39 is 11.9 Å². The summed E-state index contributed by atoms with van der Waals surface area (Å²) in [6.45, 7) is 0.115. The van der Waals surface area contributed by atoms with Gasteiger partial charge in [0.05, 0.1) is 28.9 Å². The van der Waals surface area contributed by atoms with Crippen LogP contribution in [0.2, 0.25) is 0 Å². The van der Waals surface area contributed by atoms with E-state index in [2.05, 4.69) is 0 Å². The molecule has 1 unspecified atom stereocenters. The molecule has 1 aromatic rings. The molecule has 92 valence electrons. The van der Waals surface area contributed by atoms with Crippen molar-refractivity contribution in [1.29, 1.82) is 5.26 Å². The van der Waals surface area contributed by atoms with Crippen LogP contribution in [-0.2, 0) is 9.59 Å². The van der Waals surface area contributed by atoms with Gasteiger partial charge in [0.15, 0.2) is 0 Å². The summed E-state index contributed by atoms with van der Waals surface area (Å²) in [7, 11) is 0. The van der Waals surface area contributed by atoms with Crippen LogP contribution in [0.3, 0.4) is 0 Å². The minimum Gasteiger partial charge on any atom is -0.481 e. The highest BCUT2D eigenvalue weighted by Crippen LogP contribution is 2.30. The van der Waals surface area contributed by atoms with Gasteiger partial charge in [-0.05, 0) is 18.2 Å². The van der Waals surface area contributed by atoms with Crippen LogP contribution in [0.15, 0.2) is 18.2 Å². The van der Waals surface area contributed by atoms with E-state index in [-0.39, 0.29) is 18.9 Å². The zero-order chi connectivity index (χ0) is 13.3. The minimum atomic E-state index is -0.988. The topological polar surface area (TPSA) is 107 Å². The van der Waals surface area contributed by atoms with Gasteiger partial charge >= 0.3 is 5.97 Å². The molecular weight excluding hydrogens is 234 g/mol. The van der Waals surface area contributed by atoms with Crippen molar-refractivity contribution < 1.29 is 14.7 Å². The lowest BCUT2D eigenvalue weighted by Gasteiger charge is -2.18. The molecule has 3 N–H and O–H groups in total. The van der Waals surface area contributed by atoms with Crippen molar-refractivity contribution in [3.8, 4) is 6.07 Å². The Bertz CT molecular complexity index is 562. The highest BCUT2D eigenvalue weighted by Gasteiger charge is 2.35. The molecule has 1 aliphatic rings. The highest BCUT2D eigenvalue weighted by molar-refractivity contribution is 6.01. The zero-order valence-corrected chi connectivity index (χ0v) is 9.46. The van der Waals surface area contributed by atoms with Crippen LogP contribution in [0.25, 0.3) is 0 Å². The summed E-state index contributed by atoms with van der Waals surface area (Å²) >= 11 is 0. The Morgan fingerprint density at radius 2 is 2.28 bits per heavy atom. The lowest BCUT2D eigenvalue weighted by atomic mass is 10.1. The van der Waals surface area contributed by atoms with Crippen LogP contribution in [0, 0.1) is 17.2 Å². The number of nitrogens with two attached hydrogens (primary N) is 1. The van der Waals surface area contributed by atoms with Gasteiger partial charge < -0.3 is 15.7 Å². The molecule has 6 heteroatoms. The van der Waals surface area contributed by atoms with Crippen molar-refractivity contribution in [1.82, 2.24) is 0 Å². The highest BCUT2D eigenvalue weighted by atomic mass is 16.4. The molecule has 1 amide bonds. The number of carboxylic acids is 1. The van der Waals surface area contributed by atoms with Crippen LogP contribution in [0.1, 0.15) is 12.0 Å². The van der Waals surface area contributed by atoms with Gasteiger partial charge in [0.2, 0.25) is 5.91 Å². The molecule has 0 saturated carbocycles. The first-order chi connectivity index (χ1) is 8.52. The second kappa shape index (κ2) is 4.37. The van der Waals surface area contributed by atoms with E-state index in [4.69, 9.17) is 16.1 Å². The number of nitrogens with zero attached hydrogens (tertiary/aromatic N) is 2. The number of aliphatic carboxylic acids is 1. The number of carbonyl (C=O) groups excluding carboxylic acids is 1. The normalized spacial score (nSPS) is 18.7. The van der Waals surface area contributed by atoms with E-state index in [1.807, 2.05) is 6.07 Å². The molecule has 0 bridgehead atoms. The van der Waals surface area contributed by atoms with E-state index in [1.165, 1.54) is 11.0 Å². The number of anilines is 2. The Morgan fingerprint density at radius 1 is 1.56 bits per heavy atom. The van der Waals surface area contributed by atoms with Crippen LogP contribution >= 0.6 is 0 Å². The van der Waals surface area contributed by atoms with Gasteiger partial charge in [0.1, 0.15) is 0 Å². The predicted octanol–water partition coefficient (Wildman–Crippen LogP) is 0.578. The summed E-state index contributed by atoms with van der Waals surface area (Å²) in [5, 5.41) is 17.6. The Hall–Kier alpha value is -2.55. The molecule has 1 aliphatic heterocycles. The number of carbonyl (C=O) groups is 2. The van der Waals surface area contributed by atoms with Gasteiger partial charge in [0, 0.05) is 13.0 Å². The standard InChI is InChI=1S/C12H11N3O3/c13-5-7-1-2-10(9(14)3-7)15-6-8(12(17)18)4-11(15)16/h1-3,8H,4,6,14H2,(H,17,18). The number of nitrogen functional groups attached to an aromatic ring is 1. The summed E-state index contributed by atoms with van der Waals surface area (Å²) in [6.07, 6.45) is -0.0191. The first kappa shape index (κ1) is 11.9. The van der Waals surface area contributed by atoms with Gasteiger partial charge in [-0.15, -0.1) is 0 Å². The molecule has 6 nitrogen and oxygen atoms in total. The van der Waals surface area contributed by atoms with Gasteiger partial charge in [-0.3, -0.25) is 9.59 Å². The Balaban J connectivity index is 2.30. The first-order valence-electron chi connectivity index (χ1n) is 5.35. The van der Waals surface area contributed by atoms with Crippen LogP contribution in [0.5, 0.6) is 0 Å². The zero-order valence-electron chi connectivity index (χ0n) is 9.46. The van der Waals surface area contributed by atoms with Crippen LogP contribution in [0.4, 0.5) is 11.4 Å². The molecule has 1 fully saturated rings. The predicted molar refractivity (Wildman–Crippen MR) is 63.7 cm³/mol. The fourth-order valence-electron chi connectivity index (χ4n) is 1.98. The van der Waals surface area contributed by atoms with E-state index in [9.17, 15) is 9.59 Å². The largest absolute Gasteiger partial charge is 0.481 e. The Labute approximate surface area is 103 Å². The first-order valence-corrected chi connectivity index (χ1v) is 5.35. The maximum Gasteiger partial charge on any atom is 0.308 e. The van der Waals surface area contributed by atoms with E-state index in [1.54, 1.807) is 12.1 Å². The lowest BCUT2D eigenvalue weighted by Crippen LogP contribution is -2.26. The third-order valence-corrected chi connectivity index (χ3v) is 2.92. The second-order valence-electron chi connectivity index (χ2n) is 4.13. The third-order valence-electron chi connectivity index (χ3n) is 2.92. The summed E-state index contributed by atoms with van der Waals surface area (Å²) in [4.78, 5) is 24.0. The van der Waals surface area contributed by atoms with Crippen molar-refractivity contribution in [2.24, 2.45) is 5.92 Å². The molecule has 0 aliphatic carbocycles. The summed E-state index contributed by atoms with van der Waals surface area (Å²) in [5.74, 6) is -1.95. The van der Waals surface area contributed by atoms with Crippen molar-refractivity contribution in [2.75, 3.05) is 17.2 Å². The maximum absolute atomic E-state index is 11.7. The van der Waals surface area contributed by atoms with E-state index >= 15 is 0 Å².